The topological polar surface area (TPSA) is 52.0 Å². The molecule has 0 heterocycles. The van der Waals surface area contributed by atoms with E-state index in [-0.39, 0.29) is 11.3 Å². The van der Waals surface area contributed by atoms with Gasteiger partial charge in [0.1, 0.15) is 0 Å². The lowest BCUT2D eigenvalue weighted by Crippen LogP contribution is -2.11. The first-order valence-electron chi connectivity index (χ1n) is 12.3. The first-order chi connectivity index (χ1) is 17.3. The minimum Gasteiger partial charge on any atom is -0.398 e. The van der Waals surface area contributed by atoms with Crippen molar-refractivity contribution in [2.75, 3.05) is 7.05 Å². The van der Waals surface area contributed by atoms with E-state index in [4.69, 9.17) is 5.73 Å². The number of rotatable bonds is 7. The molecule has 0 aliphatic heterocycles. The lowest BCUT2D eigenvalue weighted by molar-refractivity contribution is -0.137. The predicted octanol–water partition coefficient (Wildman–Crippen LogP) is 8.41. The fourth-order valence-electron chi connectivity index (χ4n) is 3.53. The Labute approximate surface area is 214 Å². The highest BCUT2D eigenvalue weighted by molar-refractivity contribution is 5.83. The van der Waals surface area contributed by atoms with Gasteiger partial charge < -0.3 is 11.5 Å². The van der Waals surface area contributed by atoms with Crippen LogP contribution >= 0.6 is 0 Å². The van der Waals surface area contributed by atoms with Gasteiger partial charge in [0.15, 0.2) is 0 Å². The Kier molecular flexibility index (Phi) is 14.0. The van der Waals surface area contributed by atoms with E-state index >= 15 is 0 Å². The smallest absolute Gasteiger partial charge is 0.398 e. The molecule has 5 heteroatoms. The van der Waals surface area contributed by atoms with Gasteiger partial charge in [-0.25, -0.2) is 0 Å². The summed E-state index contributed by atoms with van der Waals surface area (Å²) in [7, 11) is 1.50. The molecule has 0 atom stereocenters. The van der Waals surface area contributed by atoms with Crippen molar-refractivity contribution in [1.82, 2.24) is 0 Å². The summed E-state index contributed by atoms with van der Waals surface area (Å²) in [6.07, 6.45) is 3.89. The van der Waals surface area contributed by atoms with Crippen molar-refractivity contribution in [3.05, 3.63) is 119 Å². The summed E-state index contributed by atoms with van der Waals surface area (Å²) in [5, 5.41) is 0. The van der Waals surface area contributed by atoms with Crippen molar-refractivity contribution in [3.8, 4) is 0 Å². The van der Waals surface area contributed by atoms with E-state index in [0.29, 0.717) is 6.42 Å². The van der Waals surface area contributed by atoms with E-state index in [9.17, 15) is 13.2 Å². The molecule has 0 aliphatic carbocycles. The summed E-state index contributed by atoms with van der Waals surface area (Å²) >= 11 is 0. The van der Waals surface area contributed by atoms with E-state index in [1.807, 2.05) is 67.6 Å². The molecule has 0 aliphatic rings. The average molecular weight is 497 g/mol. The van der Waals surface area contributed by atoms with Crippen molar-refractivity contribution in [1.29, 1.82) is 0 Å². The van der Waals surface area contributed by atoms with Gasteiger partial charge in [0.2, 0.25) is 0 Å². The standard InChI is InChI=1S/C25H22F3N.C5H12.CH5N/c1-18-9-5-6-10-19(18)15-16-21(20-11-3-2-4-12-20)17-24(29)22-13-7-8-14-23(22)25(26,27)28;1-3-5-4-2;1-2/h2-14,16-17H,15,29H2,1H3;3-5H2,1-2H3;2H2,1H3/b21-16+,24-17-;;. The van der Waals surface area contributed by atoms with Crippen molar-refractivity contribution < 1.29 is 13.2 Å². The van der Waals surface area contributed by atoms with Crippen LogP contribution in [0.15, 0.2) is 91.0 Å². The SMILES string of the molecule is CCCCC.CN.Cc1ccccc1C/C=C(\C=C(/N)c1ccccc1C(F)(F)F)c1ccccc1. The van der Waals surface area contributed by atoms with Crippen LogP contribution in [-0.2, 0) is 12.6 Å². The Morgan fingerprint density at radius 2 is 1.36 bits per heavy atom. The van der Waals surface area contributed by atoms with E-state index in [2.05, 4.69) is 19.6 Å². The van der Waals surface area contributed by atoms with Gasteiger partial charge in [0, 0.05) is 11.3 Å². The van der Waals surface area contributed by atoms with Crippen LogP contribution in [0.2, 0.25) is 0 Å². The first kappa shape index (κ1) is 30.7. The summed E-state index contributed by atoms with van der Waals surface area (Å²) in [5.41, 5.74) is 14.0. The second kappa shape index (κ2) is 16.4. The number of aryl methyl sites for hydroxylation is 1. The van der Waals surface area contributed by atoms with E-state index in [1.54, 1.807) is 12.1 Å². The van der Waals surface area contributed by atoms with E-state index in [0.717, 1.165) is 28.3 Å². The maximum absolute atomic E-state index is 13.4. The van der Waals surface area contributed by atoms with Crippen molar-refractivity contribution in [3.63, 3.8) is 0 Å². The number of hydrogen-bond acceptors (Lipinski definition) is 2. The third-order valence-electron chi connectivity index (χ3n) is 5.47. The van der Waals surface area contributed by atoms with Gasteiger partial charge >= 0.3 is 6.18 Å². The monoisotopic (exact) mass is 496 g/mol. The predicted molar refractivity (Wildman–Crippen MR) is 148 cm³/mol. The fraction of sp³-hybridized carbons (Fsp3) is 0.290. The molecular formula is C31H39F3N2. The van der Waals surface area contributed by atoms with Crippen LogP contribution in [0.25, 0.3) is 11.3 Å². The van der Waals surface area contributed by atoms with Crippen LogP contribution in [0.1, 0.15) is 60.9 Å². The normalized spacial score (nSPS) is 11.7. The van der Waals surface area contributed by atoms with Crippen LogP contribution in [0.3, 0.4) is 0 Å². The Hall–Kier alpha value is -3.31. The highest BCUT2D eigenvalue weighted by Gasteiger charge is 2.33. The molecule has 0 saturated heterocycles. The minimum absolute atomic E-state index is 0.0160. The third kappa shape index (κ3) is 10.1. The molecule has 0 saturated carbocycles. The van der Waals surface area contributed by atoms with Gasteiger partial charge in [-0.3, -0.25) is 0 Å². The van der Waals surface area contributed by atoms with Gasteiger partial charge in [0.05, 0.1) is 5.56 Å². The van der Waals surface area contributed by atoms with Gasteiger partial charge in [-0.15, -0.1) is 0 Å². The maximum Gasteiger partial charge on any atom is 0.417 e. The molecule has 0 fully saturated rings. The molecule has 0 radical (unpaired) electrons. The second-order valence-electron chi connectivity index (χ2n) is 8.15. The van der Waals surface area contributed by atoms with Crippen LogP contribution in [0.4, 0.5) is 13.2 Å². The lowest BCUT2D eigenvalue weighted by atomic mass is 9.97. The van der Waals surface area contributed by atoms with Crippen LogP contribution in [0.5, 0.6) is 0 Å². The average Bonchev–Trinajstić information content (AvgIpc) is 2.89. The Balaban J connectivity index is 0.000000826. The highest BCUT2D eigenvalue weighted by Crippen LogP contribution is 2.34. The van der Waals surface area contributed by atoms with Crippen molar-refractivity contribution >= 4 is 11.3 Å². The van der Waals surface area contributed by atoms with Crippen LogP contribution in [-0.4, -0.2) is 7.05 Å². The highest BCUT2D eigenvalue weighted by atomic mass is 19.4. The molecular weight excluding hydrogens is 457 g/mol. The number of hydrogen-bond donors (Lipinski definition) is 2. The maximum atomic E-state index is 13.4. The number of allylic oxidation sites excluding steroid dienone is 3. The molecule has 0 aromatic heterocycles. The summed E-state index contributed by atoms with van der Waals surface area (Å²) < 4.78 is 40.2. The number of benzene rings is 3. The molecule has 194 valence electrons. The van der Waals surface area contributed by atoms with Gasteiger partial charge in [-0.1, -0.05) is 112 Å². The summed E-state index contributed by atoms with van der Waals surface area (Å²) in [6, 6.07) is 22.9. The van der Waals surface area contributed by atoms with E-state index in [1.165, 1.54) is 38.4 Å². The van der Waals surface area contributed by atoms with Gasteiger partial charge in [0.25, 0.3) is 0 Å². The molecule has 2 nitrogen and oxygen atoms in total. The molecule has 3 aromatic carbocycles. The number of unbranched alkanes of at least 4 members (excludes halogenated alkanes) is 2. The summed E-state index contributed by atoms with van der Waals surface area (Å²) in [5.74, 6) is 0. The number of nitrogens with two attached hydrogens (primary N) is 2. The fourth-order valence-corrected chi connectivity index (χ4v) is 3.53. The molecule has 3 rings (SSSR count). The molecule has 0 unspecified atom stereocenters. The zero-order valence-electron chi connectivity index (χ0n) is 21.8. The molecule has 4 N–H and O–H groups in total. The Morgan fingerprint density at radius 3 is 1.92 bits per heavy atom. The van der Waals surface area contributed by atoms with Gasteiger partial charge in [-0.05, 0) is 54.8 Å². The van der Waals surface area contributed by atoms with Gasteiger partial charge in [-0.2, -0.15) is 13.2 Å². The summed E-state index contributed by atoms with van der Waals surface area (Å²) in [4.78, 5) is 0. The zero-order valence-corrected chi connectivity index (χ0v) is 21.8. The molecule has 0 bridgehead atoms. The molecule has 3 aromatic rings. The Morgan fingerprint density at radius 1 is 0.806 bits per heavy atom. The first-order valence-corrected chi connectivity index (χ1v) is 12.3. The second-order valence-corrected chi connectivity index (χ2v) is 8.15. The Bertz CT molecular complexity index is 1080. The van der Waals surface area contributed by atoms with Crippen LogP contribution in [0, 0.1) is 6.92 Å². The number of alkyl halides is 3. The molecule has 0 spiro atoms. The lowest BCUT2D eigenvalue weighted by Gasteiger charge is -2.14. The zero-order chi connectivity index (χ0) is 27.0. The third-order valence-corrected chi connectivity index (χ3v) is 5.47. The molecule has 36 heavy (non-hydrogen) atoms. The van der Waals surface area contributed by atoms with Crippen molar-refractivity contribution in [2.24, 2.45) is 11.5 Å². The minimum atomic E-state index is -4.47. The van der Waals surface area contributed by atoms with E-state index < -0.39 is 11.7 Å². The summed E-state index contributed by atoms with van der Waals surface area (Å²) in [6.45, 7) is 6.46. The molecule has 0 amide bonds. The largest absolute Gasteiger partial charge is 0.417 e. The van der Waals surface area contributed by atoms with Crippen LogP contribution < -0.4 is 11.5 Å². The van der Waals surface area contributed by atoms with Crippen molar-refractivity contribution in [2.45, 2.75) is 52.6 Å². The number of halogens is 3. The quantitative estimate of drug-likeness (QED) is 0.323.